The molecule has 0 saturated carbocycles. The summed E-state index contributed by atoms with van der Waals surface area (Å²) in [5, 5.41) is 8.67. The fourth-order valence-corrected chi connectivity index (χ4v) is 2.10. The molecule has 12 heavy (non-hydrogen) atoms. The van der Waals surface area contributed by atoms with Crippen LogP contribution in [0, 0.1) is 11.3 Å². The lowest BCUT2D eigenvalue weighted by Crippen LogP contribution is -2.06. The molecule has 0 spiro atoms. The first-order valence-electron chi connectivity index (χ1n) is 3.57. The van der Waals surface area contributed by atoms with Gasteiger partial charge in [0.1, 0.15) is 11.6 Å². The van der Waals surface area contributed by atoms with Crippen LogP contribution in [0.3, 0.4) is 0 Å². The number of carbonyl (C=O) groups excluding carboxylic acids is 1. The van der Waals surface area contributed by atoms with Gasteiger partial charge in [-0.2, -0.15) is 17.0 Å². The molecular formula is C8H9NO2S. The summed E-state index contributed by atoms with van der Waals surface area (Å²) >= 11 is 1.74. The Kier molecular flexibility index (Phi) is 3.18. The minimum atomic E-state index is -0.505. The van der Waals surface area contributed by atoms with E-state index < -0.39 is 5.97 Å². The van der Waals surface area contributed by atoms with E-state index >= 15 is 0 Å². The first kappa shape index (κ1) is 9.14. The van der Waals surface area contributed by atoms with E-state index in [0.29, 0.717) is 0 Å². The number of rotatable bonds is 1. The van der Waals surface area contributed by atoms with E-state index in [-0.39, 0.29) is 5.57 Å². The second-order valence-corrected chi connectivity index (χ2v) is 3.49. The standard InChI is InChI=1S/C8H9NO2S/c1-11-8(10)7(4-9)6-2-3-12-5-6/h2-3,5H2,1H3/b7-6+. The number of hydrogen-bond acceptors (Lipinski definition) is 4. The summed E-state index contributed by atoms with van der Waals surface area (Å²) in [4.78, 5) is 11.0. The molecule has 3 nitrogen and oxygen atoms in total. The highest BCUT2D eigenvalue weighted by Gasteiger charge is 2.18. The molecule has 0 aromatic carbocycles. The largest absolute Gasteiger partial charge is 0.465 e. The van der Waals surface area contributed by atoms with Gasteiger partial charge in [0.25, 0.3) is 0 Å². The molecule has 0 unspecified atom stereocenters. The van der Waals surface area contributed by atoms with E-state index in [0.717, 1.165) is 23.5 Å². The molecule has 0 aromatic heterocycles. The number of esters is 1. The van der Waals surface area contributed by atoms with Crippen LogP contribution in [-0.2, 0) is 9.53 Å². The Morgan fingerprint density at radius 1 is 1.75 bits per heavy atom. The maximum atomic E-state index is 11.0. The second-order valence-electron chi connectivity index (χ2n) is 2.38. The Balaban J connectivity index is 2.86. The average molecular weight is 183 g/mol. The van der Waals surface area contributed by atoms with Gasteiger partial charge in [0, 0.05) is 5.75 Å². The minimum Gasteiger partial charge on any atom is -0.465 e. The zero-order chi connectivity index (χ0) is 8.97. The van der Waals surface area contributed by atoms with Gasteiger partial charge in [-0.3, -0.25) is 0 Å². The molecule has 4 heteroatoms. The van der Waals surface area contributed by atoms with Crippen molar-refractivity contribution in [3.05, 3.63) is 11.1 Å². The average Bonchev–Trinajstić information content (AvgIpc) is 2.58. The quantitative estimate of drug-likeness (QED) is 0.347. The third-order valence-corrected chi connectivity index (χ3v) is 2.72. The van der Waals surface area contributed by atoms with Gasteiger partial charge in [-0.1, -0.05) is 0 Å². The maximum Gasteiger partial charge on any atom is 0.348 e. The molecule has 1 aliphatic heterocycles. The van der Waals surface area contributed by atoms with Crippen LogP contribution in [0.15, 0.2) is 11.1 Å². The van der Waals surface area contributed by atoms with Gasteiger partial charge in [0.15, 0.2) is 0 Å². The molecule has 0 atom stereocenters. The summed E-state index contributed by atoms with van der Waals surface area (Å²) in [6, 6.07) is 1.89. The van der Waals surface area contributed by atoms with Crippen LogP contribution in [0.5, 0.6) is 0 Å². The smallest absolute Gasteiger partial charge is 0.348 e. The summed E-state index contributed by atoms with van der Waals surface area (Å²) in [5.41, 5.74) is 1.12. The second kappa shape index (κ2) is 4.17. The topological polar surface area (TPSA) is 50.1 Å². The van der Waals surface area contributed by atoms with Crippen molar-refractivity contribution in [1.29, 1.82) is 5.26 Å². The lowest BCUT2D eigenvalue weighted by molar-refractivity contribution is -0.135. The first-order valence-corrected chi connectivity index (χ1v) is 4.73. The van der Waals surface area contributed by atoms with Crippen LogP contribution < -0.4 is 0 Å². The van der Waals surface area contributed by atoms with Gasteiger partial charge in [-0.05, 0) is 17.7 Å². The molecule has 1 heterocycles. The molecule has 0 N–H and O–H groups in total. The molecule has 0 radical (unpaired) electrons. The van der Waals surface area contributed by atoms with Crippen molar-refractivity contribution in [2.45, 2.75) is 6.42 Å². The zero-order valence-corrected chi connectivity index (χ0v) is 7.61. The normalized spacial score (nSPS) is 20.0. The Bertz CT molecular complexity index is 257. The summed E-state index contributed by atoms with van der Waals surface area (Å²) in [7, 11) is 1.29. The number of nitrogens with zero attached hydrogens (tertiary/aromatic N) is 1. The van der Waals surface area contributed by atoms with Crippen LogP contribution >= 0.6 is 11.8 Å². The van der Waals surface area contributed by atoms with E-state index in [1.54, 1.807) is 11.8 Å². The van der Waals surface area contributed by atoms with E-state index in [9.17, 15) is 4.79 Å². The summed E-state index contributed by atoms with van der Waals surface area (Å²) < 4.78 is 4.49. The van der Waals surface area contributed by atoms with Crippen LogP contribution in [0.4, 0.5) is 0 Å². The molecule has 1 saturated heterocycles. The third kappa shape index (κ3) is 1.80. The van der Waals surface area contributed by atoms with Crippen LogP contribution in [0.25, 0.3) is 0 Å². The maximum absolute atomic E-state index is 11.0. The number of thioether (sulfide) groups is 1. The fraction of sp³-hybridized carbons (Fsp3) is 0.500. The van der Waals surface area contributed by atoms with Gasteiger partial charge in [0.2, 0.25) is 0 Å². The zero-order valence-electron chi connectivity index (χ0n) is 6.79. The molecule has 1 aliphatic rings. The highest BCUT2D eigenvalue weighted by atomic mass is 32.2. The van der Waals surface area contributed by atoms with Gasteiger partial charge in [-0.25, -0.2) is 4.79 Å². The lowest BCUT2D eigenvalue weighted by atomic mass is 10.1. The predicted molar refractivity (Wildman–Crippen MR) is 46.6 cm³/mol. The highest BCUT2D eigenvalue weighted by Crippen LogP contribution is 2.25. The van der Waals surface area contributed by atoms with Gasteiger partial charge < -0.3 is 4.74 Å². The molecule has 0 aliphatic carbocycles. The Hall–Kier alpha value is -0.950. The fourth-order valence-electron chi connectivity index (χ4n) is 1.03. The van der Waals surface area contributed by atoms with Gasteiger partial charge in [-0.15, -0.1) is 0 Å². The molecule has 0 aromatic rings. The molecule has 0 bridgehead atoms. The minimum absolute atomic E-state index is 0.197. The van der Waals surface area contributed by atoms with Crippen molar-refractivity contribution >= 4 is 17.7 Å². The van der Waals surface area contributed by atoms with Crippen molar-refractivity contribution < 1.29 is 9.53 Å². The third-order valence-electron chi connectivity index (χ3n) is 1.68. The number of nitriles is 1. The monoisotopic (exact) mass is 183 g/mol. The number of ether oxygens (including phenoxy) is 1. The number of hydrogen-bond donors (Lipinski definition) is 0. The van der Waals surface area contributed by atoms with E-state index in [2.05, 4.69) is 4.74 Å². The van der Waals surface area contributed by atoms with Gasteiger partial charge in [0.05, 0.1) is 7.11 Å². The SMILES string of the molecule is COC(=O)/C(C#N)=C1\CCSC1. The molecule has 1 rings (SSSR count). The first-order chi connectivity index (χ1) is 5.79. The highest BCUT2D eigenvalue weighted by molar-refractivity contribution is 7.99. The van der Waals surface area contributed by atoms with E-state index in [1.807, 2.05) is 6.07 Å². The summed E-state index contributed by atoms with van der Waals surface area (Å²) in [6.45, 7) is 0. The lowest BCUT2D eigenvalue weighted by Gasteiger charge is -1.99. The van der Waals surface area contributed by atoms with Crippen LogP contribution in [-0.4, -0.2) is 24.6 Å². The van der Waals surface area contributed by atoms with Crippen molar-refractivity contribution in [1.82, 2.24) is 0 Å². The van der Waals surface area contributed by atoms with E-state index in [1.165, 1.54) is 7.11 Å². The molecule has 0 amide bonds. The van der Waals surface area contributed by atoms with Crippen LogP contribution in [0.2, 0.25) is 0 Å². The molecule has 64 valence electrons. The van der Waals surface area contributed by atoms with Crippen LogP contribution in [0.1, 0.15) is 6.42 Å². The molecular weight excluding hydrogens is 174 g/mol. The number of carbonyl (C=O) groups is 1. The van der Waals surface area contributed by atoms with Gasteiger partial charge >= 0.3 is 5.97 Å². The van der Waals surface area contributed by atoms with Crippen molar-refractivity contribution in [2.75, 3.05) is 18.6 Å². The van der Waals surface area contributed by atoms with Crippen molar-refractivity contribution in [3.8, 4) is 6.07 Å². The Morgan fingerprint density at radius 2 is 2.50 bits per heavy atom. The molecule has 1 fully saturated rings. The van der Waals surface area contributed by atoms with E-state index in [4.69, 9.17) is 5.26 Å². The van der Waals surface area contributed by atoms with Crippen molar-refractivity contribution in [3.63, 3.8) is 0 Å². The predicted octanol–water partition coefficient (Wildman–Crippen LogP) is 1.12. The van der Waals surface area contributed by atoms with Crippen molar-refractivity contribution in [2.24, 2.45) is 0 Å². The summed E-state index contributed by atoms with van der Waals surface area (Å²) in [6.07, 6.45) is 0.836. The Morgan fingerprint density at radius 3 is 2.92 bits per heavy atom. The Labute approximate surface area is 75.4 Å². The summed E-state index contributed by atoms with van der Waals surface area (Å²) in [5.74, 6) is 1.28. The number of methoxy groups -OCH3 is 1.